The number of benzene rings is 1. The number of halogens is 2. The first-order chi connectivity index (χ1) is 9.08. The third-order valence-corrected chi connectivity index (χ3v) is 4.26. The topological polar surface area (TPSA) is 21.3 Å². The second-order valence-corrected chi connectivity index (χ2v) is 6.27. The van der Waals surface area contributed by atoms with Crippen LogP contribution in [0.15, 0.2) is 18.2 Å². The average molecular weight is 302 g/mol. The highest BCUT2D eigenvalue weighted by molar-refractivity contribution is 6.35. The van der Waals surface area contributed by atoms with Crippen LogP contribution in [0.25, 0.3) is 0 Å². The molecule has 0 aliphatic carbocycles. The maximum absolute atomic E-state index is 6.26. The van der Waals surface area contributed by atoms with Gasteiger partial charge in [-0.3, -0.25) is 0 Å². The Morgan fingerprint density at radius 3 is 2.63 bits per heavy atom. The third kappa shape index (κ3) is 4.09. The number of hydrogen-bond donors (Lipinski definition) is 1. The van der Waals surface area contributed by atoms with E-state index >= 15 is 0 Å². The summed E-state index contributed by atoms with van der Waals surface area (Å²) in [6, 6.07) is 6.64. The predicted octanol–water partition coefficient (Wildman–Crippen LogP) is 3.94. The molecule has 1 aromatic rings. The van der Waals surface area contributed by atoms with E-state index in [1.807, 2.05) is 18.2 Å². The smallest absolute Gasteiger partial charge is 0.0512 e. The van der Waals surface area contributed by atoms with Crippen LogP contribution in [0.1, 0.15) is 25.8 Å². The third-order valence-electron chi connectivity index (χ3n) is 3.55. The van der Waals surface area contributed by atoms with E-state index in [9.17, 15) is 0 Å². The minimum Gasteiger partial charge on any atom is -0.381 e. The summed E-state index contributed by atoms with van der Waals surface area (Å²) in [6.07, 6.45) is 1.91. The van der Waals surface area contributed by atoms with E-state index in [0.717, 1.165) is 41.7 Å². The minimum atomic E-state index is 0.425. The van der Waals surface area contributed by atoms with E-state index < -0.39 is 0 Å². The second kappa shape index (κ2) is 6.94. The predicted molar refractivity (Wildman–Crippen MR) is 81.2 cm³/mol. The molecule has 1 heterocycles. The van der Waals surface area contributed by atoms with Crippen LogP contribution in [0.3, 0.4) is 0 Å². The van der Waals surface area contributed by atoms with Gasteiger partial charge in [0.1, 0.15) is 0 Å². The van der Waals surface area contributed by atoms with Crippen molar-refractivity contribution in [2.75, 3.05) is 13.2 Å². The zero-order chi connectivity index (χ0) is 13.8. The number of hydrogen-bond acceptors (Lipinski definition) is 2. The summed E-state index contributed by atoms with van der Waals surface area (Å²) in [6.45, 7) is 5.95. The standard InChI is InChI=1S/C15H21Cl2NO/c1-10(2)18-15-6-7-19-9-11(15)8-12-13(16)4-3-5-14(12)17/h3-5,10-11,15,18H,6-9H2,1-2H3/t11-,15+/m1/s1. The van der Waals surface area contributed by atoms with Crippen molar-refractivity contribution in [1.82, 2.24) is 5.32 Å². The number of ether oxygens (including phenoxy) is 1. The van der Waals surface area contributed by atoms with Crippen LogP contribution >= 0.6 is 23.2 Å². The van der Waals surface area contributed by atoms with Gasteiger partial charge in [-0.15, -0.1) is 0 Å². The van der Waals surface area contributed by atoms with Crippen molar-refractivity contribution in [2.24, 2.45) is 5.92 Å². The first-order valence-electron chi connectivity index (χ1n) is 6.84. The molecule has 0 spiro atoms. The van der Waals surface area contributed by atoms with Gasteiger partial charge in [-0.1, -0.05) is 43.1 Å². The van der Waals surface area contributed by atoms with Gasteiger partial charge in [0.05, 0.1) is 6.61 Å². The molecule has 19 heavy (non-hydrogen) atoms. The van der Waals surface area contributed by atoms with Gasteiger partial charge in [0.15, 0.2) is 0 Å². The Balaban J connectivity index is 2.11. The van der Waals surface area contributed by atoms with Crippen molar-refractivity contribution in [3.8, 4) is 0 Å². The Hall–Kier alpha value is -0.280. The summed E-state index contributed by atoms with van der Waals surface area (Å²) in [5.41, 5.74) is 1.04. The molecule has 1 saturated heterocycles. The van der Waals surface area contributed by atoms with Crippen LogP contribution in [-0.2, 0) is 11.2 Å². The van der Waals surface area contributed by atoms with E-state index in [1.165, 1.54) is 0 Å². The van der Waals surface area contributed by atoms with Crippen LogP contribution in [0.5, 0.6) is 0 Å². The Labute approximate surface area is 125 Å². The molecule has 0 unspecified atom stereocenters. The fourth-order valence-electron chi connectivity index (χ4n) is 2.64. The fourth-order valence-corrected chi connectivity index (χ4v) is 3.19. The van der Waals surface area contributed by atoms with Crippen molar-refractivity contribution >= 4 is 23.2 Å². The molecule has 4 heteroatoms. The summed E-state index contributed by atoms with van der Waals surface area (Å²) in [4.78, 5) is 0. The lowest BCUT2D eigenvalue weighted by Crippen LogP contribution is -2.46. The molecule has 0 amide bonds. The number of rotatable bonds is 4. The molecule has 1 aromatic carbocycles. The molecule has 2 nitrogen and oxygen atoms in total. The first-order valence-corrected chi connectivity index (χ1v) is 7.60. The van der Waals surface area contributed by atoms with Gasteiger partial charge in [0, 0.05) is 34.7 Å². The van der Waals surface area contributed by atoms with Crippen molar-refractivity contribution in [1.29, 1.82) is 0 Å². The Bertz CT molecular complexity index is 402. The maximum Gasteiger partial charge on any atom is 0.0512 e. The maximum atomic E-state index is 6.26. The molecule has 0 aromatic heterocycles. The minimum absolute atomic E-state index is 0.425. The molecule has 0 radical (unpaired) electrons. The van der Waals surface area contributed by atoms with Crippen molar-refractivity contribution < 1.29 is 4.74 Å². The molecular weight excluding hydrogens is 281 g/mol. The van der Waals surface area contributed by atoms with E-state index in [-0.39, 0.29) is 0 Å². The molecule has 1 aliphatic heterocycles. The molecule has 1 aliphatic rings. The molecule has 1 fully saturated rings. The summed E-state index contributed by atoms with van der Waals surface area (Å²) in [5.74, 6) is 0.425. The largest absolute Gasteiger partial charge is 0.381 e. The lowest BCUT2D eigenvalue weighted by atomic mass is 9.89. The van der Waals surface area contributed by atoms with Crippen LogP contribution in [0.4, 0.5) is 0 Å². The lowest BCUT2D eigenvalue weighted by Gasteiger charge is -2.34. The Morgan fingerprint density at radius 2 is 2.00 bits per heavy atom. The molecule has 106 valence electrons. The summed E-state index contributed by atoms with van der Waals surface area (Å²) in [5, 5.41) is 5.13. The Kier molecular flexibility index (Phi) is 5.52. The lowest BCUT2D eigenvalue weighted by molar-refractivity contribution is 0.0300. The van der Waals surface area contributed by atoms with Crippen LogP contribution in [0, 0.1) is 5.92 Å². The van der Waals surface area contributed by atoms with Gasteiger partial charge in [0.2, 0.25) is 0 Å². The molecule has 2 rings (SSSR count). The fraction of sp³-hybridized carbons (Fsp3) is 0.600. The van der Waals surface area contributed by atoms with Crippen LogP contribution in [-0.4, -0.2) is 25.3 Å². The van der Waals surface area contributed by atoms with Crippen molar-refractivity contribution in [3.63, 3.8) is 0 Å². The monoisotopic (exact) mass is 301 g/mol. The zero-order valence-corrected chi connectivity index (χ0v) is 13.0. The van der Waals surface area contributed by atoms with E-state index in [2.05, 4.69) is 19.2 Å². The summed E-state index contributed by atoms with van der Waals surface area (Å²) < 4.78 is 5.62. The van der Waals surface area contributed by atoms with E-state index in [1.54, 1.807) is 0 Å². The second-order valence-electron chi connectivity index (χ2n) is 5.46. The molecular formula is C15H21Cl2NO. The van der Waals surface area contributed by atoms with Crippen LogP contribution < -0.4 is 5.32 Å². The molecule has 2 atom stereocenters. The van der Waals surface area contributed by atoms with Gasteiger partial charge in [-0.25, -0.2) is 0 Å². The van der Waals surface area contributed by atoms with Gasteiger partial charge in [0.25, 0.3) is 0 Å². The normalized spacial score (nSPS) is 23.8. The van der Waals surface area contributed by atoms with Gasteiger partial charge < -0.3 is 10.1 Å². The van der Waals surface area contributed by atoms with E-state index in [4.69, 9.17) is 27.9 Å². The Morgan fingerprint density at radius 1 is 1.32 bits per heavy atom. The van der Waals surface area contributed by atoms with Crippen LogP contribution in [0.2, 0.25) is 10.0 Å². The van der Waals surface area contributed by atoms with E-state index in [0.29, 0.717) is 18.0 Å². The molecule has 0 saturated carbocycles. The summed E-state index contributed by atoms with van der Waals surface area (Å²) >= 11 is 12.5. The van der Waals surface area contributed by atoms with Gasteiger partial charge >= 0.3 is 0 Å². The van der Waals surface area contributed by atoms with Crippen molar-refractivity contribution in [3.05, 3.63) is 33.8 Å². The quantitative estimate of drug-likeness (QED) is 0.909. The number of nitrogens with one attached hydrogen (secondary N) is 1. The van der Waals surface area contributed by atoms with Gasteiger partial charge in [-0.05, 0) is 30.5 Å². The van der Waals surface area contributed by atoms with Gasteiger partial charge in [-0.2, -0.15) is 0 Å². The SMILES string of the molecule is CC(C)N[C@H]1CCOC[C@H]1Cc1c(Cl)cccc1Cl. The highest BCUT2D eigenvalue weighted by atomic mass is 35.5. The molecule has 1 N–H and O–H groups in total. The highest BCUT2D eigenvalue weighted by Gasteiger charge is 2.27. The summed E-state index contributed by atoms with van der Waals surface area (Å²) in [7, 11) is 0. The first kappa shape index (κ1) is 15.1. The molecule has 0 bridgehead atoms. The van der Waals surface area contributed by atoms with Crippen molar-refractivity contribution in [2.45, 2.75) is 38.8 Å². The average Bonchev–Trinajstić information content (AvgIpc) is 2.35. The highest BCUT2D eigenvalue weighted by Crippen LogP contribution is 2.29. The zero-order valence-electron chi connectivity index (χ0n) is 11.5.